The fraction of sp³-hybridized carbons (Fsp3) is 0.500. The molecule has 1 unspecified atom stereocenters. The highest BCUT2D eigenvalue weighted by Crippen LogP contribution is 2.19. The Morgan fingerprint density at radius 3 is 2.82 bits per heavy atom. The van der Waals surface area contributed by atoms with Crippen LogP contribution in [0.2, 0.25) is 0 Å². The van der Waals surface area contributed by atoms with Crippen LogP contribution in [0.25, 0.3) is 0 Å². The van der Waals surface area contributed by atoms with Crippen LogP contribution in [0.1, 0.15) is 17.7 Å². The summed E-state index contributed by atoms with van der Waals surface area (Å²) in [7, 11) is 0. The highest BCUT2D eigenvalue weighted by molar-refractivity contribution is 5.31. The number of nitrogens with zero attached hydrogens (tertiary/aromatic N) is 4. The molecule has 2 aromatic rings. The van der Waals surface area contributed by atoms with E-state index in [9.17, 15) is 5.11 Å². The number of rotatable bonds is 5. The van der Waals surface area contributed by atoms with Gasteiger partial charge in [-0.25, -0.2) is 9.97 Å². The number of anilines is 1. The quantitative estimate of drug-likeness (QED) is 0.902. The van der Waals surface area contributed by atoms with Gasteiger partial charge < -0.3 is 14.4 Å². The average Bonchev–Trinajstić information content (AvgIpc) is 3.03. The van der Waals surface area contributed by atoms with E-state index >= 15 is 0 Å². The molecule has 1 fully saturated rings. The molecule has 1 aliphatic heterocycles. The van der Waals surface area contributed by atoms with E-state index in [2.05, 4.69) is 19.8 Å². The van der Waals surface area contributed by atoms with E-state index in [4.69, 9.17) is 4.42 Å². The number of aryl methyl sites for hydroxylation is 1. The maximum absolute atomic E-state index is 9.36. The topological polar surface area (TPSA) is 65.6 Å². The predicted octanol–water partition coefficient (Wildman–Crippen LogP) is 1.45. The fourth-order valence-electron chi connectivity index (χ4n) is 2.86. The molecule has 22 heavy (non-hydrogen) atoms. The highest BCUT2D eigenvalue weighted by atomic mass is 16.3. The van der Waals surface area contributed by atoms with Crippen LogP contribution in [0.15, 0.2) is 35.2 Å². The van der Waals surface area contributed by atoms with Gasteiger partial charge in [0.1, 0.15) is 5.76 Å². The van der Waals surface area contributed by atoms with Crippen LogP contribution in [-0.4, -0.2) is 52.3 Å². The Morgan fingerprint density at radius 1 is 1.32 bits per heavy atom. The molecular formula is C16H22N4O2. The van der Waals surface area contributed by atoms with Gasteiger partial charge in [-0.15, -0.1) is 0 Å². The second kappa shape index (κ2) is 6.89. The Morgan fingerprint density at radius 2 is 2.14 bits per heavy atom. The van der Waals surface area contributed by atoms with E-state index in [1.54, 1.807) is 6.26 Å². The van der Waals surface area contributed by atoms with Crippen molar-refractivity contribution < 1.29 is 9.52 Å². The van der Waals surface area contributed by atoms with Crippen molar-refractivity contribution in [3.63, 3.8) is 0 Å². The van der Waals surface area contributed by atoms with Crippen LogP contribution in [-0.2, 0) is 6.54 Å². The summed E-state index contributed by atoms with van der Waals surface area (Å²) in [5, 5.41) is 9.36. The van der Waals surface area contributed by atoms with Gasteiger partial charge in [-0.05, 0) is 31.0 Å². The molecule has 1 atom stereocenters. The Kier molecular flexibility index (Phi) is 4.70. The summed E-state index contributed by atoms with van der Waals surface area (Å²) in [5.41, 5.74) is 1.06. The summed E-state index contributed by atoms with van der Waals surface area (Å²) in [6.07, 6.45) is 6.13. The first-order chi connectivity index (χ1) is 10.8. The molecule has 1 aliphatic rings. The minimum absolute atomic E-state index is 0.182. The van der Waals surface area contributed by atoms with Crippen molar-refractivity contribution in [2.45, 2.75) is 25.9 Å². The van der Waals surface area contributed by atoms with Crippen molar-refractivity contribution in [3.05, 3.63) is 42.1 Å². The van der Waals surface area contributed by atoms with E-state index in [1.807, 2.05) is 31.5 Å². The van der Waals surface area contributed by atoms with Crippen molar-refractivity contribution in [1.82, 2.24) is 14.9 Å². The Bertz CT molecular complexity index is 570. The van der Waals surface area contributed by atoms with Gasteiger partial charge in [0, 0.05) is 44.7 Å². The van der Waals surface area contributed by atoms with Crippen molar-refractivity contribution in [3.8, 4) is 0 Å². The molecule has 1 saturated heterocycles. The van der Waals surface area contributed by atoms with Gasteiger partial charge in [0.05, 0.1) is 12.8 Å². The molecule has 0 amide bonds. The Hall–Kier alpha value is -1.92. The first-order valence-electron chi connectivity index (χ1n) is 7.67. The minimum atomic E-state index is 0.182. The lowest BCUT2D eigenvalue weighted by Crippen LogP contribution is -2.53. The Balaban J connectivity index is 1.68. The second-order valence-electron chi connectivity index (χ2n) is 5.72. The molecule has 2 aromatic heterocycles. The zero-order chi connectivity index (χ0) is 15.4. The first kappa shape index (κ1) is 15.0. The standard InChI is InChI=1S/C16H22N4O2/c1-13-9-17-16(18-10-13)20-6-5-19(14(11-20)4-7-21)12-15-3-2-8-22-15/h2-3,8-10,14,21H,4-7,11-12H2,1H3. The van der Waals surface area contributed by atoms with E-state index < -0.39 is 0 Å². The van der Waals surface area contributed by atoms with Crippen LogP contribution < -0.4 is 4.90 Å². The summed E-state index contributed by atoms with van der Waals surface area (Å²) in [5.74, 6) is 1.73. The van der Waals surface area contributed by atoms with Gasteiger partial charge in [-0.2, -0.15) is 0 Å². The summed E-state index contributed by atoms with van der Waals surface area (Å²) >= 11 is 0. The predicted molar refractivity (Wildman–Crippen MR) is 83.6 cm³/mol. The maximum Gasteiger partial charge on any atom is 0.225 e. The Labute approximate surface area is 130 Å². The van der Waals surface area contributed by atoms with Gasteiger partial charge in [0.2, 0.25) is 5.95 Å². The molecule has 0 spiro atoms. The summed E-state index contributed by atoms with van der Waals surface area (Å²) in [6, 6.07) is 4.17. The van der Waals surface area contributed by atoms with Crippen LogP contribution in [0.3, 0.4) is 0 Å². The van der Waals surface area contributed by atoms with Gasteiger partial charge in [-0.1, -0.05) is 0 Å². The number of aliphatic hydroxyl groups excluding tert-OH is 1. The third kappa shape index (κ3) is 3.45. The SMILES string of the molecule is Cc1cnc(N2CCN(Cc3ccco3)C(CCO)C2)nc1. The lowest BCUT2D eigenvalue weighted by atomic mass is 10.1. The zero-order valence-corrected chi connectivity index (χ0v) is 12.9. The third-order valence-corrected chi connectivity index (χ3v) is 4.06. The molecule has 3 heterocycles. The third-order valence-electron chi connectivity index (χ3n) is 4.06. The molecule has 0 aliphatic carbocycles. The normalized spacial score (nSPS) is 19.5. The molecule has 0 bridgehead atoms. The van der Waals surface area contributed by atoms with Gasteiger partial charge in [-0.3, -0.25) is 4.90 Å². The molecule has 3 rings (SSSR count). The van der Waals surface area contributed by atoms with Crippen LogP contribution in [0, 0.1) is 6.92 Å². The molecule has 0 radical (unpaired) electrons. The number of aliphatic hydroxyl groups is 1. The highest BCUT2D eigenvalue weighted by Gasteiger charge is 2.28. The number of hydrogen-bond donors (Lipinski definition) is 1. The number of hydrogen-bond acceptors (Lipinski definition) is 6. The van der Waals surface area contributed by atoms with E-state index in [0.717, 1.165) is 49.9 Å². The number of furan rings is 1. The molecular weight excluding hydrogens is 280 g/mol. The lowest BCUT2D eigenvalue weighted by molar-refractivity contribution is 0.126. The summed E-state index contributed by atoms with van der Waals surface area (Å²) < 4.78 is 5.44. The molecule has 1 N–H and O–H groups in total. The first-order valence-corrected chi connectivity index (χ1v) is 7.67. The maximum atomic E-state index is 9.36. The molecule has 6 nitrogen and oxygen atoms in total. The van der Waals surface area contributed by atoms with Gasteiger partial charge in [0.25, 0.3) is 0 Å². The second-order valence-corrected chi connectivity index (χ2v) is 5.72. The molecule has 118 valence electrons. The van der Waals surface area contributed by atoms with Gasteiger partial charge in [0.15, 0.2) is 0 Å². The minimum Gasteiger partial charge on any atom is -0.468 e. The van der Waals surface area contributed by atoms with Crippen molar-refractivity contribution in [2.24, 2.45) is 0 Å². The molecule has 6 heteroatoms. The van der Waals surface area contributed by atoms with E-state index in [-0.39, 0.29) is 12.6 Å². The molecule has 0 aromatic carbocycles. The van der Waals surface area contributed by atoms with Crippen LogP contribution >= 0.6 is 0 Å². The molecule has 0 saturated carbocycles. The van der Waals surface area contributed by atoms with E-state index in [0.29, 0.717) is 0 Å². The smallest absolute Gasteiger partial charge is 0.225 e. The van der Waals surface area contributed by atoms with E-state index in [1.165, 1.54) is 0 Å². The van der Waals surface area contributed by atoms with Gasteiger partial charge >= 0.3 is 0 Å². The fourth-order valence-corrected chi connectivity index (χ4v) is 2.86. The summed E-state index contributed by atoms with van der Waals surface area (Å²) in [4.78, 5) is 13.4. The van der Waals surface area contributed by atoms with Crippen molar-refractivity contribution in [1.29, 1.82) is 0 Å². The van der Waals surface area contributed by atoms with Crippen molar-refractivity contribution >= 4 is 5.95 Å². The lowest BCUT2D eigenvalue weighted by Gasteiger charge is -2.41. The number of aromatic nitrogens is 2. The monoisotopic (exact) mass is 302 g/mol. The van der Waals surface area contributed by atoms with Crippen molar-refractivity contribution in [2.75, 3.05) is 31.1 Å². The van der Waals surface area contributed by atoms with Crippen LogP contribution in [0.4, 0.5) is 5.95 Å². The van der Waals surface area contributed by atoms with Crippen LogP contribution in [0.5, 0.6) is 0 Å². The largest absolute Gasteiger partial charge is 0.468 e. The zero-order valence-electron chi connectivity index (χ0n) is 12.9. The number of piperazine rings is 1. The summed E-state index contributed by atoms with van der Waals surface area (Å²) in [6.45, 7) is 5.56. The average molecular weight is 302 g/mol.